The van der Waals surface area contributed by atoms with Gasteiger partial charge in [0.2, 0.25) is 0 Å². The Morgan fingerprint density at radius 1 is 0.879 bits per heavy atom. The van der Waals surface area contributed by atoms with Crippen LogP contribution in [0.5, 0.6) is 0 Å². The normalized spacial score (nSPS) is 48.4. The van der Waals surface area contributed by atoms with Crippen molar-refractivity contribution in [3.63, 3.8) is 0 Å². The fourth-order valence-corrected chi connectivity index (χ4v) is 10.2. The summed E-state index contributed by atoms with van der Waals surface area (Å²) in [5, 5.41) is 21.0. The molecule has 0 aromatic carbocycles. The van der Waals surface area contributed by atoms with Crippen molar-refractivity contribution in [2.45, 2.75) is 125 Å². The van der Waals surface area contributed by atoms with Gasteiger partial charge in [-0.1, -0.05) is 60.5 Å². The summed E-state index contributed by atoms with van der Waals surface area (Å²) >= 11 is 0. The van der Waals surface area contributed by atoms with Crippen LogP contribution in [0.2, 0.25) is 0 Å². The topological polar surface area (TPSA) is 40.5 Å². The van der Waals surface area contributed by atoms with Gasteiger partial charge in [0.05, 0.1) is 6.10 Å². The molecule has 0 aromatic rings. The summed E-state index contributed by atoms with van der Waals surface area (Å²) in [6.07, 6.45) is 15.6. The molecule has 8 unspecified atom stereocenters. The smallest absolute Gasteiger partial charge is 0.0594 e. The van der Waals surface area contributed by atoms with E-state index in [-0.39, 0.29) is 11.5 Å². The van der Waals surface area contributed by atoms with Crippen LogP contribution in [0.3, 0.4) is 0 Å². The van der Waals surface area contributed by atoms with Gasteiger partial charge < -0.3 is 10.2 Å². The van der Waals surface area contributed by atoms with Crippen LogP contribution in [-0.2, 0) is 0 Å². The molecule has 2 heteroatoms. The highest BCUT2D eigenvalue weighted by molar-refractivity contribution is 5.16. The molecule has 0 heterocycles. The highest BCUT2D eigenvalue weighted by Gasteiger charge is 2.68. The van der Waals surface area contributed by atoms with Gasteiger partial charge in [-0.15, -0.1) is 6.58 Å². The third kappa shape index (κ3) is 4.18. The number of unbranched alkanes of at least 4 members (excludes halogenated alkanes) is 1. The number of aliphatic hydroxyl groups is 2. The van der Waals surface area contributed by atoms with Crippen LogP contribution in [0.25, 0.3) is 0 Å². The lowest BCUT2D eigenvalue weighted by atomic mass is 9.33. The summed E-state index contributed by atoms with van der Waals surface area (Å²) in [4.78, 5) is 0. The van der Waals surface area contributed by atoms with Crippen LogP contribution in [0.4, 0.5) is 0 Å². The monoisotopic (exact) mass is 460 g/mol. The Bertz CT molecular complexity index is 670. The highest BCUT2D eigenvalue weighted by atomic mass is 16.3. The Kier molecular flexibility index (Phi) is 8.23. The van der Waals surface area contributed by atoms with E-state index < -0.39 is 0 Å². The first-order valence-corrected chi connectivity index (χ1v) is 14.3. The number of hydrogen-bond donors (Lipinski definition) is 2. The fourth-order valence-electron chi connectivity index (χ4n) is 10.2. The van der Waals surface area contributed by atoms with Crippen molar-refractivity contribution in [1.29, 1.82) is 0 Å². The summed E-state index contributed by atoms with van der Waals surface area (Å²) in [6.45, 7) is 20.6. The quantitative estimate of drug-likeness (QED) is 0.417. The molecule has 0 bridgehead atoms. The maximum Gasteiger partial charge on any atom is 0.0594 e. The largest absolute Gasteiger partial charge is 0.396 e. The number of hydrogen-bond acceptors (Lipinski definition) is 2. The molecule has 4 aliphatic rings. The summed E-state index contributed by atoms with van der Waals surface area (Å²) in [7, 11) is 0. The van der Waals surface area contributed by atoms with Crippen molar-refractivity contribution in [3.05, 3.63) is 12.7 Å². The number of aliphatic hydroxyl groups excluding tert-OH is 2. The third-order valence-corrected chi connectivity index (χ3v) is 12.2. The molecule has 0 amide bonds. The van der Waals surface area contributed by atoms with Crippen molar-refractivity contribution < 1.29 is 10.2 Å². The zero-order chi connectivity index (χ0) is 24.7. The first kappa shape index (κ1) is 27.3. The van der Waals surface area contributed by atoms with Crippen LogP contribution in [-0.4, -0.2) is 22.9 Å². The lowest BCUT2D eigenvalue weighted by molar-refractivity contribution is -0.242. The summed E-state index contributed by atoms with van der Waals surface area (Å²) in [6, 6.07) is 0. The first-order chi connectivity index (χ1) is 15.5. The molecular weight excluding hydrogens is 404 g/mol. The van der Waals surface area contributed by atoms with Gasteiger partial charge >= 0.3 is 0 Å². The number of rotatable bonds is 4. The highest BCUT2D eigenvalue weighted by Crippen LogP contribution is 2.74. The number of fused-ring (bicyclic) bond motifs is 5. The molecule has 2 N–H and O–H groups in total. The molecule has 4 fully saturated rings. The first-order valence-electron chi connectivity index (χ1n) is 14.3. The molecule has 0 spiro atoms. The Labute approximate surface area is 206 Å². The van der Waals surface area contributed by atoms with Gasteiger partial charge in [-0.25, -0.2) is 0 Å². The second kappa shape index (κ2) is 9.96. The summed E-state index contributed by atoms with van der Waals surface area (Å²) in [5.41, 5.74) is 1.24. The van der Waals surface area contributed by atoms with E-state index in [0.29, 0.717) is 34.7 Å². The molecule has 4 aliphatic carbocycles. The fraction of sp³-hybridized carbons (Fsp3) is 0.935. The molecular formula is C31H56O2. The van der Waals surface area contributed by atoms with E-state index in [1.54, 1.807) is 6.08 Å². The Morgan fingerprint density at radius 3 is 2.12 bits per heavy atom. The lowest BCUT2D eigenvalue weighted by Crippen LogP contribution is -2.66. The minimum atomic E-state index is -0.134. The SMILES string of the molecule is C=CC.CCCCC1C(CO)CC[C@]2(C)C1CCC1C3(C)CCC(O)C(C)(C)C3CCC12C. The van der Waals surface area contributed by atoms with Crippen LogP contribution >= 0.6 is 0 Å². The molecule has 4 saturated carbocycles. The van der Waals surface area contributed by atoms with Gasteiger partial charge in [-0.3, -0.25) is 0 Å². The molecule has 0 aliphatic heterocycles. The van der Waals surface area contributed by atoms with E-state index in [1.807, 2.05) is 6.92 Å². The zero-order valence-electron chi connectivity index (χ0n) is 23.1. The van der Waals surface area contributed by atoms with E-state index in [4.69, 9.17) is 0 Å². The Balaban J connectivity index is 0.000000968. The van der Waals surface area contributed by atoms with Gasteiger partial charge in [0.1, 0.15) is 0 Å². The van der Waals surface area contributed by atoms with Crippen LogP contribution < -0.4 is 0 Å². The van der Waals surface area contributed by atoms with Crippen molar-refractivity contribution in [2.75, 3.05) is 6.61 Å². The third-order valence-electron chi connectivity index (χ3n) is 12.2. The van der Waals surface area contributed by atoms with E-state index >= 15 is 0 Å². The van der Waals surface area contributed by atoms with E-state index in [9.17, 15) is 10.2 Å². The van der Waals surface area contributed by atoms with Gasteiger partial charge in [-0.05, 0) is 116 Å². The van der Waals surface area contributed by atoms with Gasteiger partial charge in [0.15, 0.2) is 0 Å². The molecule has 2 nitrogen and oxygen atoms in total. The standard InChI is InChI=1S/C28H50O2.C3H6/c1-7-8-9-20-19(18-29)12-16-27(5)21(20)10-11-23-26(4)15-14-24(30)25(2,3)22(26)13-17-28(23,27)6;1-3-2/h19-24,29-30H,7-18H2,1-6H3;3H,1H2,2H3/t19?,20?,21?,22?,23?,24?,26?,27-,28?;/m1./s1. The molecule has 0 saturated heterocycles. The second-order valence-corrected chi connectivity index (χ2v) is 13.7. The van der Waals surface area contributed by atoms with Crippen LogP contribution in [0.1, 0.15) is 119 Å². The van der Waals surface area contributed by atoms with E-state index in [0.717, 1.165) is 24.2 Å². The van der Waals surface area contributed by atoms with Gasteiger partial charge in [-0.2, -0.15) is 0 Å². The molecule has 192 valence electrons. The maximum absolute atomic E-state index is 10.8. The number of allylic oxidation sites excluding steroid dienone is 1. The Morgan fingerprint density at radius 2 is 1.52 bits per heavy atom. The van der Waals surface area contributed by atoms with Gasteiger partial charge in [0, 0.05) is 6.61 Å². The molecule has 0 radical (unpaired) electrons. The van der Waals surface area contributed by atoms with Crippen LogP contribution in [0, 0.1) is 51.2 Å². The van der Waals surface area contributed by atoms with Gasteiger partial charge in [0.25, 0.3) is 0 Å². The minimum absolute atomic E-state index is 0.0459. The lowest BCUT2D eigenvalue weighted by Gasteiger charge is -2.72. The van der Waals surface area contributed by atoms with Crippen LogP contribution in [0.15, 0.2) is 12.7 Å². The van der Waals surface area contributed by atoms with E-state index in [1.165, 1.54) is 64.2 Å². The second-order valence-electron chi connectivity index (χ2n) is 13.7. The van der Waals surface area contributed by atoms with E-state index in [2.05, 4.69) is 48.1 Å². The average molecular weight is 461 g/mol. The maximum atomic E-state index is 10.8. The minimum Gasteiger partial charge on any atom is -0.396 e. The van der Waals surface area contributed by atoms with Crippen molar-refractivity contribution in [2.24, 2.45) is 51.2 Å². The zero-order valence-corrected chi connectivity index (χ0v) is 23.1. The molecule has 9 atom stereocenters. The van der Waals surface area contributed by atoms with Crippen molar-refractivity contribution in [1.82, 2.24) is 0 Å². The predicted octanol–water partition coefficient (Wildman–Crippen LogP) is 8.02. The Hall–Kier alpha value is -0.340. The molecule has 33 heavy (non-hydrogen) atoms. The molecule has 0 aromatic heterocycles. The summed E-state index contributed by atoms with van der Waals surface area (Å²) < 4.78 is 0. The molecule has 4 rings (SSSR count). The summed E-state index contributed by atoms with van der Waals surface area (Å²) in [5.74, 6) is 3.48. The van der Waals surface area contributed by atoms with Crippen molar-refractivity contribution in [3.8, 4) is 0 Å². The predicted molar refractivity (Wildman–Crippen MR) is 141 cm³/mol. The average Bonchev–Trinajstić information content (AvgIpc) is 2.76. The van der Waals surface area contributed by atoms with Crippen molar-refractivity contribution >= 4 is 0 Å².